The van der Waals surface area contributed by atoms with Crippen LogP contribution in [-0.4, -0.2) is 22.8 Å². The van der Waals surface area contributed by atoms with Crippen molar-refractivity contribution < 1.29 is 9.90 Å². The summed E-state index contributed by atoms with van der Waals surface area (Å²) >= 11 is 0. The number of nitrogens with two attached hydrogens (primary N) is 1. The van der Waals surface area contributed by atoms with E-state index in [0.29, 0.717) is 6.42 Å². The van der Waals surface area contributed by atoms with E-state index in [1.807, 2.05) is 0 Å². The van der Waals surface area contributed by atoms with Crippen molar-refractivity contribution in [3.63, 3.8) is 0 Å². The molecule has 0 aliphatic rings. The molecule has 0 aromatic heterocycles. The highest BCUT2D eigenvalue weighted by Gasteiger charge is 1.94. The minimum absolute atomic E-state index is 0.00403. The normalized spacial score (nSPS) is 10.1. The standard InChI is InChI=1S/C4H9N2O3/c5-6(9)3-1-2-4(7)8/h1-3,5H2,(H,7,8)/q-1. The van der Waals surface area contributed by atoms with Crippen molar-refractivity contribution in [1.29, 1.82) is 0 Å². The number of nitrogens with zero attached hydrogens (tertiary/aromatic N) is 1. The molecule has 0 saturated heterocycles. The van der Waals surface area contributed by atoms with Gasteiger partial charge in [0.1, 0.15) is 0 Å². The summed E-state index contributed by atoms with van der Waals surface area (Å²) in [6, 6.07) is 0. The highest BCUT2D eigenvalue weighted by Crippen LogP contribution is 1.88. The third-order valence-electron chi connectivity index (χ3n) is 0.769. The molecule has 3 N–H and O–H groups in total. The van der Waals surface area contributed by atoms with Gasteiger partial charge in [0.2, 0.25) is 0 Å². The largest absolute Gasteiger partial charge is 0.772 e. The van der Waals surface area contributed by atoms with Gasteiger partial charge >= 0.3 is 5.97 Å². The molecule has 0 bridgehead atoms. The first-order valence-electron chi connectivity index (χ1n) is 2.54. The first-order chi connectivity index (χ1) is 4.13. The number of hydrogen-bond donors (Lipinski definition) is 2. The summed E-state index contributed by atoms with van der Waals surface area (Å²) in [5, 5.41) is 18.2. The van der Waals surface area contributed by atoms with Crippen LogP contribution in [0.3, 0.4) is 0 Å². The molecule has 5 nitrogen and oxygen atoms in total. The molecule has 9 heavy (non-hydrogen) atoms. The topological polar surface area (TPSA) is 89.6 Å². The van der Waals surface area contributed by atoms with E-state index in [0.717, 1.165) is 0 Å². The van der Waals surface area contributed by atoms with Gasteiger partial charge in [-0.1, -0.05) is 0 Å². The van der Waals surface area contributed by atoms with E-state index < -0.39 is 5.97 Å². The zero-order valence-corrected chi connectivity index (χ0v) is 4.91. The van der Waals surface area contributed by atoms with Crippen molar-refractivity contribution in [2.24, 2.45) is 5.84 Å². The van der Waals surface area contributed by atoms with Crippen molar-refractivity contribution in [2.75, 3.05) is 6.54 Å². The molecule has 0 aromatic rings. The van der Waals surface area contributed by atoms with Crippen LogP contribution in [-0.2, 0) is 4.79 Å². The quantitative estimate of drug-likeness (QED) is 0.399. The number of carboxylic acid groups (broad SMARTS) is 1. The van der Waals surface area contributed by atoms with Crippen LogP contribution >= 0.6 is 0 Å². The second-order valence-electron chi connectivity index (χ2n) is 1.64. The highest BCUT2D eigenvalue weighted by atomic mass is 16.5. The summed E-state index contributed by atoms with van der Waals surface area (Å²) < 4.78 is 0. The fourth-order valence-corrected chi connectivity index (χ4v) is 0.386. The predicted octanol–water partition coefficient (Wildman–Crippen LogP) is -0.475. The average molecular weight is 133 g/mol. The van der Waals surface area contributed by atoms with E-state index in [9.17, 15) is 10.0 Å². The van der Waals surface area contributed by atoms with Gasteiger partial charge in [-0.3, -0.25) is 10.6 Å². The van der Waals surface area contributed by atoms with Gasteiger partial charge in [-0.2, -0.15) is 0 Å². The monoisotopic (exact) mass is 133 g/mol. The lowest BCUT2D eigenvalue weighted by atomic mass is 10.3. The van der Waals surface area contributed by atoms with Gasteiger partial charge < -0.3 is 15.5 Å². The van der Waals surface area contributed by atoms with Gasteiger partial charge in [0.05, 0.1) is 0 Å². The average Bonchev–Trinajstić information content (AvgIpc) is 1.63. The molecule has 0 unspecified atom stereocenters. The van der Waals surface area contributed by atoms with Crippen molar-refractivity contribution in [3.05, 3.63) is 5.21 Å². The minimum atomic E-state index is -0.906. The van der Waals surface area contributed by atoms with Crippen LogP contribution in [0.2, 0.25) is 0 Å². The van der Waals surface area contributed by atoms with Crippen LogP contribution in [0.4, 0.5) is 0 Å². The maximum Gasteiger partial charge on any atom is 0.303 e. The molecule has 0 spiro atoms. The van der Waals surface area contributed by atoms with E-state index in [2.05, 4.69) is 5.84 Å². The molecule has 0 amide bonds. The first kappa shape index (κ1) is 8.35. The molecule has 5 heteroatoms. The predicted molar refractivity (Wildman–Crippen MR) is 31.1 cm³/mol. The molecule has 0 fully saturated rings. The maximum atomic E-state index is 9.93. The van der Waals surface area contributed by atoms with Crippen LogP contribution in [0.5, 0.6) is 0 Å². The lowest BCUT2D eigenvalue weighted by molar-refractivity contribution is -0.137. The Hall–Kier alpha value is -0.650. The molecule has 0 saturated carbocycles. The summed E-state index contributed by atoms with van der Waals surface area (Å²) in [6.45, 7) is 0.0757. The second kappa shape index (κ2) is 4.25. The van der Waals surface area contributed by atoms with Crippen LogP contribution in [0, 0.1) is 5.21 Å². The number of carboxylic acids is 1. The van der Waals surface area contributed by atoms with Crippen LogP contribution < -0.4 is 5.84 Å². The number of hydrogen-bond acceptors (Lipinski definition) is 4. The Labute approximate surface area is 52.6 Å². The molecular formula is C4H9N2O3-. The van der Waals surface area contributed by atoms with Gasteiger partial charge in [-0.25, -0.2) is 0 Å². The SMILES string of the molecule is NN([O-])CCCC(=O)O. The summed E-state index contributed by atoms with van der Waals surface area (Å²) in [5.74, 6) is 3.76. The van der Waals surface area contributed by atoms with Gasteiger partial charge in [-0.15, -0.1) is 0 Å². The highest BCUT2D eigenvalue weighted by molar-refractivity contribution is 5.66. The fraction of sp³-hybridized carbons (Fsp3) is 0.750. The molecule has 0 radical (unpaired) electrons. The molecule has 54 valence electrons. The Balaban J connectivity index is 3.01. The summed E-state index contributed by atoms with van der Waals surface area (Å²) in [4.78, 5) is 9.82. The fourth-order valence-electron chi connectivity index (χ4n) is 0.386. The number of hydroxylamine groups is 1. The number of carbonyl (C=O) groups is 1. The van der Waals surface area contributed by atoms with E-state index in [4.69, 9.17) is 5.11 Å². The summed E-state index contributed by atoms with van der Waals surface area (Å²) in [5.41, 5.74) is 0. The van der Waals surface area contributed by atoms with Gasteiger partial charge in [0.15, 0.2) is 0 Å². The molecular weight excluding hydrogens is 124 g/mol. The van der Waals surface area contributed by atoms with Crippen molar-refractivity contribution in [1.82, 2.24) is 5.17 Å². The zero-order valence-electron chi connectivity index (χ0n) is 4.91. The van der Waals surface area contributed by atoms with Crippen LogP contribution in [0.1, 0.15) is 12.8 Å². The van der Waals surface area contributed by atoms with Gasteiger partial charge in [0, 0.05) is 6.42 Å². The van der Waals surface area contributed by atoms with Gasteiger partial charge in [-0.05, 0) is 13.0 Å². The lowest BCUT2D eigenvalue weighted by Gasteiger charge is -2.19. The van der Waals surface area contributed by atoms with Crippen molar-refractivity contribution in [3.8, 4) is 0 Å². The molecule has 0 heterocycles. The van der Waals surface area contributed by atoms with E-state index in [1.165, 1.54) is 0 Å². The van der Waals surface area contributed by atoms with Crippen LogP contribution in [0.25, 0.3) is 0 Å². The van der Waals surface area contributed by atoms with E-state index in [1.54, 1.807) is 0 Å². The number of hydrazine groups is 1. The van der Waals surface area contributed by atoms with Crippen molar-refractivity contribution in [2.45, 2.75) is 12.8 Å². The number of rotatable bonds is 4. The lowest BCUT2D eigenvalue weighted by Crippen LogP contribution is -2.25. The Morgan fingerprint density at radius 3 is 2.67 bits per heavy atom. The maximum absolute atomic E-state index is 9.93. The Morgan fingerprint density at radius 2 is 2.33 bits per heavy atom. The third kappa shape index (κ3) is 7.35. The first-order valence-corrected chi connectivity index (χ1v) is 2.54. The molecule has 0 aromatic carbocycles. The molecule has 0 atom stereocenters. The number of aliphatic carboxylic acids is 1. The van der Waals surface area contributed by atoms with E-state index >= 15 is 0 Å². The zero-order chi connectivity index (χ0) is 7.28. The van der Waals surface area contributed by atoms with Gasteiger partial charge in [0.25, 0.3) is 0 Å². The van der Waals surface area contributed by atoms with E-state index in [-0.39, 0.29) is 18.1 Å². The molecule has 0 rings (SSSR count). The third-order valence-corrected chi connectivity index (χ3v) is 0.769. The molecule has 0 aliphatic heterocycles. The van der Waals surface area contributed by atoms with Crippen molar-refractivity contribution >= 4 is 5.97 Å². The van der Waals surface area contributed by atoms with Crippen LogP contribution in [0.15, 0.2) is 0 Å². The Kier molecular flexibility index (Phi) is 3.94. The smallest absolute Gasteiger partial charge is 0.303 e. The summed E-state index contributed by atoms with van der Waals surface area (Å²) in [7, 11) is 0. The second-order valence-corrected chi connectivity index (χ2v) is 1.64. The minimum Gasteiger partial charge on any atom is -0.772 e. The summed E-state index contributed by atoms with van der Waals surface area (Å²) in [6.07, 6.45) is 0.297. The Morgan fingerprint density at radius 1 is 1.78 bits per heavy atom. The Bertz CT molecular complexity index is 93.8. The molecule has 0 aliphatic carbocycles.